The van der Waals surface area contributed by atoms with Crippen LogP contribution >= 0.6 is 0 Å². The van der Waals surface area contributed by atoms with E-state index in [4.69, 9.17) is 5.11 Å². The lowest BCUT2D eigenvalue weighted by molar-refractivity contribution is 0.0699. The Kier molecular flexibility index (Phi) is 1.78. The van der Waals surface area contributed by atoms with Crippen molar-refractivity contribution in [1.29, 1.82) is 0 Å². The number of rotatable bonds is 2. The average Bonchev–Trinajstić information content (AvgIpc) is 2.59. The Morgan fingerprint density at radius 1 is 1.50 bits per heavy atom. The molecule has 2 aromatic heterocycles. The van der Waals surface area contributed by atoms with Crippen LogP contribution in [-0.4, -0.2) is 27.3 Å². The van der Waals surface area contributed by atoms with Crippen LogP contribution in [0.2, 0.25) is 0 Å². The number of hydrogen-bond donors (Lipinski definition) is 2. The van der Waals surface area contributed by atoms with Crippen molar-refractivity contribution < 1.29 is 14.7 Å². The lowest BCUT2D eigenvalue weighted by Crippen LogP contribution is -1.94. The van der Waals surface area contributed by atoms with Crippen LogP contribution in [-0.2, 0) is 0 Å². The number of carbonyl (C=O) groups is 2. The zero-order chi connectivity index (χ0) is 10.1. The molecule has 2 heterocycles. The summed E-state index contributed by atoms with van der Waals surface area (Å²) in [5.74, 6) is -1.02. The van der Waals surface area contributed by atoms with Crippen molar-refractivity contribution in [2.24, 2.45) is 0 Å². The van der Waals surface area contributed by atoms with Gasteiger partial charge in [-0.05, 0) is 12.1 Å². The van der Waals surface area contributed by atoms with Crippen molar-refractivity contribution in [3.05, 3.63) is 29.6 Å². The second-order valence-electron chi connectivity index (χ2n) is 2.76. The first-order valence-electron chi connectivity index (χ1n) is 3.89. The van der Waals surface area contributed by atoms with Crippen LogP contribution in [0.1, 0.15) is 20.8 Å². The fraction of sp³-hybridized carbons (Fsp3) is 0. The van der Waals surface area contributed by atoms with Crippen molar-refractivity contribution in [2.75, 3.05) is 0 Å². The van der Waals surface area contributed by atoms with Crippen LogP contribution in [0.15, 0.2) is 18.3 Å². The third-order valence-corrected chi connectivity index (χ3v) is 1.91. The van der Waals surface area contributed by atoms with Crippen LogP contribution in [0.3, 0.4) is 0 Å². The molecule has 0 spiro atoms. The van der Waals surface area contributed by atoms with Crippen LogP contribution in [0.4, 0.5) is 0 Å². The SMILES string of the molecule is O=Cc1ccc2c(C(=O)O)c[nH]c2n1. The summed E-state index contributed by atoms with van der Waals surface area (Å²) in [6.07, 6.45) is 1.97. The number of carboxylic acids is 1. The zero-order valence-corrected chi connectivity index (χ0v) is 7.02. The molecule has 2 rings (SSSR count). The van der Waals surface area contributed by atoms with E-state index in [9.17, 15) is 9.59 Å². The topological polar surface area (TPSA) is 83.0 Å². The molecule has 2 aromatic rings. The van der Waals surface area contributed by atoms with E-state index < -0.39 is 5.97 Å². The fourth-order valence-electron chi connectivity index (χ4n) is 1.26. The van der Waals surface area contributed by atoms with Crippen molar-refractivity contribution in [3.63, 3.8) is 0 Å². The first-order chi connectivity index (χ1) is 6.72. The quantitative estimate of drug-likeness (QED) is 0.694. The number of nitrogens with zero attached hydrogens (tertiary/aromatic N) is 1. The highest BCUT2D eigenvalue weighted by Crippen LogP contribution is 2.16. The van der Waals surface area contributed by atoms with Gasteiger partial charge in [-0.3, -0.25) is 4.79 Å². The molecule has 0 amide bonds. The normalized spacial score (nSPS) is 10.3. The van der Waals surface area contributed by atoms with Gasteiger partial charge < -0.3 is 10.1 Å². The molecule has 70 valence electrons. The molecule has 2 N–H and O–H groups in total. The molecule has 0 fully saturated rings. The summed E-state index contributed by atoms with van der Waals surface area (Å²) in [6, 6.07) is 3.04. The smallest absolute Gasteiger partial charge is 0.337 e. The Morgan fingerprint density at radius 2 is 2.29 bits per heavy atom. The largest absolute Gasteiger partial charge is 0.478 e. The summed E-state index contributed by atoms with van der Waals surface area (Å²) < 4.78 is 0. The molecule has 0 unspecified atom stereocenters. The van der Waals surface area contributed by atoms with Gasteiger partial charge in [-0.2, -0.15) is 0 Å². The Morgan fingerprint density at radius 3 is 2.93 bits per heavy atom. The predicted molar refractivity (Wildman–Crippen MR) is 48.4 cm³/mol. The molecular weight excluding hydrogens is 184 g/mol. The monoisotopic (exact) mass is 190 g/mol. The van der Waals surface area contributed by atoms with Crippen LogP contribution in [0, 0.1) is 0 Å². The van der Waals surface area contributed by atoms with Crippen LogP contribution in [0.25, 0.3) is 11.0 Å². The van der Waals surface area contributed by atoms with E-state index in [0.29, 0.717) is 17.3 Å². The number of carbonyl (C=O) groups excluding carboxylic acids is 1. The number of aromatic carboxylic acids is 1. The maximum atomic E-state index is 10.7. The van der Waals surface area contributed by atoms with Crippen molar-refractivity contribution >= 4 is 23.3 Å². The van der Waals surface area contributed by atoms with Gasteiger partial charge in [0, 0.05) is 11.6 Å². The minimum absolute atomic E-state index is 0.157. The molecule has 0 aromatic carbocycles. The summed E-state index contributed by atoms with van der Waals surface area (Å²) in [4.78, 5) is 27.7. The van der Waals surface area contributed by atoms with Gasteiger partial charge in [0.2, 0.25) is 0 Å². The summed E-state index contributed by atoms with van der Waals surface area (Å²) in [5, 5.41) is 9.28. The first-order valence-corrected chi connectivity index (χ1v) is 3.89. The minimum atomic E-state index is -1.02. The number of hydrogen-bond acceptors (Lipinski definition) is 3. The molecule has 0 saturated carbocycles. The second kappa shape index (κ2) is 2.95. The van der Waals surface area contributed by atoms with Gasteiger partial charge in [0.15, 0.2) is 6.29 Å². The van der Waals surface area contributed by atoms with E-state index in [1.54, 1.807) is 6.07 Å². The van der Waals surface area contributed by atoms with Gasteiger partial charge in [0.25, 0.3) is 0 Å². The number of carboxylic acid groups (broad SMARTS) is 1. The molecule has 5 heteroatoms. The maximum absolute atomic E-state index is 10.7. The molecule has 0 bridgehead atoms. The van der Waals surface area contributed by atoms with Crippen molar-refractivity contribution in [2.45, 2.75) is 0 Å². The van der Waals surface area contributed by atoms with Gasteiger partial charge in [-0.1, -0.05) is 0 Å². The lowest BCUT2D eigenvalue weighted by atomic mass is 10.2. The highest BCUT2D eigenvalue weighted by atomic mass is 16.4. The molecule has 0 saturated heterocycles. The molecule has 0 aliphatic carbocycles. The Hall–Kier alpha value is -2.17. The molecule has 14 heavy (non-hydrogen) atoms. The molecule has 0 aliphatic heterocycles. The van der Waals surface area contributed by atoms with Crippen molar-refractivity contribution in [1.82, 2.24) is 9.97 Å². The maximum Gasteiger partial charge on any atom is 0.337 e. The summed E-state index contributed by atoms with van der Waals surface area (Å²) in [5.41, 5.74) is 0.841. The van der Waals surface area contributed by atoms with E-state index in [-0.39, 0.29) is 11.3 Å². The highest BCUT2D eigenvalue weighted by Gasteiger charge is 2.10. The minimum Gasteiger partial charge on any atom is -0.478 e. The summed E-state index contributed by atoms with van der Waals surface area (Å²) >= 11 is 0. The van der Waals surface area contributed by atoms with Gasteiger partial charge in [-0.15, -0.1) is 0 Å². The van der Waals surface area contributed by atoms with E-state index in [0.717, 1.165) is 0 Å². The zero-order valence-electron chi connectivity index (χ0n) is 7.02. The summed E-state index contributed by atoms with van der Waals surface area (Å²) in [6.45, 7) is 0. The Balaban J connectivity index is 2.71. The highest BCUT2D eigenvalue weighted by molar-refractivity contribution is 6.02. The predicted octanol–water partition coefficient (Wildman–Crippen LogP) is 1.07. The lowest BCUT2D eigenvalue weighted by Gasteiger charge is -1.92. The average molecular weight is 190 g/mol. The number of pyridine rings is 1. The molecule has 5 nitrogen and oxygen atoms in total. The third kappa shape index (κ3) is 1.15. The number of fused-ring (bicyclic) bond motifs is 1. The number of aromatic amines is 1. The number of H-pyrrole nitrogens is 1. The van der Waals surface area contributed by atoms with Crippen molar-refractivity contribution in [3.8, 4) is 0 Å². The first kappa shape index (κ1) is 8.43. The van der Waals surface area contributed by atoms with E-state index in [2.05, 4.69) is 9.97 Å². The molecule has 0 aliphatic rings. The standard InChI is InChI=1S/C9H6N2O3/c12-4-5-1-2-6-7(9(13)14)3-10-8(6)11-5/h1-4H,(H,10,11)(H,13,14). The Labute approximate surface area is 78.4 Å². The van der Waals surface area contributed by atoms with Gasteiger partial charge in [0.05, 0.1) is 5.56 Å². The number of nitrogens with one attached hydrogen (secondary N) is 1. The van der Waals surface area contributed by atoms with Crippen LogP contribution in [0.5, 0.6) is 0 Å². The van der Waals surface area contributed by atoms with E-state index in [1.165, 1.54) is 12.3 Å². The van der Waals surface area contributed by atoms with Gasteiger partial charge in [-0.25, -0.2) is 9.78 Å². The van der Waals surface area contributed by atoms with E-state index in [1.807, 2.05) is 0 Å². The second-order valence-corrected chi connectivity index (χ2v) is 2.76. The number of aldehydes is 1. The van der Waals surface area contributed by atoms with Crippen LogP contribution < -0.4 is 0 Å². The fourth-order valence-corrected chi connectivity index (χ4v) is 1.26. The molecule has 0 radical (unpaired) electrons. The van der Waals surface area contributed by atoms with Gasteiger partial charge in [0.1, 0.15) is 11.3 Å². The summed E-state index contributed by atoms with van der Waals surface area (Å²) in [7, 11) is 0. The van der Waals surface area contributed by atoms with E-state index >= 15 is 0 Å². The molecular formula is C9H6N2O3. The van der Waals surface area contributed by atoms with Gasteiger partial charge >= 0.3 is 5.97 Å². The Bertz CT molecular complexity index is 516. The number of aromatic nitrogens is 2. The third-order valence-electron chi connectivity index (χ3n) is 1.91. The molecule has 0 atom stereocenters.